The van der Waals surface area contributed by atoms with Crippen LogP contribution in [0.2, 0.25) is 0 Å². The number of hydrogen-bond acceptors (Lipinski definition) is 1. The van der Waals surface area contributed by atoms with Crippen LogP contribution in [0.4, 0.5) is 10.1 Å². The zero-order valence-corrected chi connectivity index (χ0v) is 7.84. The van der Waals surface area contributed by atoms with E-state index in [2.05, 4.69) is 11.9 Å². The van der Waals surface area contributed by atoms with Crippen molar-refractivity contribution in [2.24, 2.45) is 4.99 Å². The fourth-order valence-corrected chi connectivity index (χ4v) is 1.83. The molecule has 0 bridgehead atoms. The second-order valence-electron chi connectivity index (χ2n) is 3.66. The molecule has 1 aliphatic heterocycles. The Bertz CT molecular complexity index is 368. The Hall–Kier alpha value is -1.18. The van der Waals surface area contributed by atoms with Gasteiger partial charge in [-0.3, -0.25) is 4.99 Å². The summed E-state index contributed by atoms with van der Waals surface area (Å²) in [5.41, 5.74) is 3.09. The number of rotatable bonds is 0. The lowest BCUT2D eigenvalue weighted by atomic mass is 9.91. The van der Waals surface area contributed by atoms with Gasteiger partial charge in [-0.15, -0.1) is 0 Å². The van der Waals surface area contributed by atoms with Crippen LogP contribution >= 0.6 is 0 Å². The van der Waals surface area contributed by atoms with Crippen molar-refractivity contribution in [1.29, 1.82) is 0 Å². The van der Waals surface area contributed by atoms with Crippen molar-refractivity contribution in [3.05, 3.63) is 29.6 Å². The van der Waals surface area contributed by atoms with Crippen LogP contribution in [0.1, 0.15) is 31.7 Å². The predicted molar refractivity (Wildman–Crippen MR) is 52.2 cm³/mol. The molecule has 0 spiro atoms. The van der Waals surface area contributed by atoms with E-state index in [4.69, 9.17) is 0 Å². The average molecular weight is 177 g/mol. The first-order valence-electron chi connectivity index (χ1n) is 4.50. The van der Waals surface area contributed by atoms with Crippen molar-refractivity contribution >= 4 is 11.4 Å². The molecule has 1 unspecified atom stereocenters. The molecule has 0 fully saturated rings. The molecule has 0 aliphatic carbocycles. The van der Waals surface area contributed by atoms with Crippen molar-refractivity contribution < 1.29 is 4.39 Å². The van der Waals surface area contributed by atoms with Crippen molar-refractivity contribution in [3.8, 4) is 0 Å². The summed E-state index contributed by atoms with van der Waals surface area (Å²) in [6.07, 6.45) is 0.941. The number of benzene rings is 1. The predicted octanol–water partition coefficient (Wildman–Crippen LogP) is 3.43. The van der Waals surface area contributed by atoms with E-state index in [-0.39, 0.29) is 5.82 Å². The molecular weight excluding hydrogens is 165 g/mol. The third kappa shape index (κ3) is 1.48. The summed E-state index contributed by atoms with van der Waals surface area (Å²) in [7, 11) is 0. The first-order valence-corrected chi connectivity index (χ1v) is 4.50. The van der Waals surface area contributed by atoms with E-state index in [1.807, 2.05) is 6.92 Å². The summed E-state index contributed by atoms with van der Waals surface area (Å²) in [6, 6.07) is 4.81. The maximum Gasteiger partial charge on any atom is 0.123 e. The number of hydrogen-bond donors (Lipinski definition) is 0. The Kier molecular flexibility index (Phi) is 1.91. The van der Waals surface area contributed by atoms with Gasteiger partial charge in [0.15, 0.2) is 0 Å². The summed E-state index contributed by atoms with van der Waals surface area (Å²) < 4.78 is 12.9. The van der Waals surface area contributed by atoms with E-state index in [1.165, 1.54) is 6.07 Å². The molecule has 0 amide bonds. The largest absolute Gasteiger partial charge is 0.258 e. The summed E-state index contributed by atoms with van der Waals surface area (Å²) in [5.74, 6) is 0.226. The summed E-state index contributed by atoms with van der Waals surface area (Å²) >= 11 is 0. The molecule has 0 saturated carbocycles. The highest BCUT2D eigenvalue weighted by atomic mass is 19.1. The van der Waals surface area contributed by atoms with Gasteiger partial charge >= 0.3 is 0 Å². The molecule has 0 N–H and O–H groups in total. The molecule has 0 radical (unpaired) electrons. The molecule has 1 atom stereocenters. The lowest BCUT2D eigenvalue weighted by Crippen LogP contribution is -2.06. The molecule has 68 valence electrons. The van der Waals surface area contributed by atoms with Crippen molar-refractivity contribution in [1.82, 2.24) is 0 Å². The topological polar surface area (TPSA) is 12.4 Å². The Morgan fingerprint density at radius 2 is 2.23 bits per heavy atom. The van der Waals surface area contributed by atoms with Crippen LogP contribution in [0.3, 0.4) is 0 Å². The van der Waals surface area contributed by atoms with Gasteiger partial charge in [0.1, 0.15) is 5.82 Å². The molecular formula is C11H12FN. The maximum atomic E-state index is 12.9. The molecule has 13 heavy (non-hydrogen) atoms. The molecule has 0 aromatic heterocycles. The Morgan fingerprint density at radius 1 is 1.46 bits per heavy atom. The summed E-state index contributed by atoms with van der Waals surface area (Å²) in [5, 5.41) is 0. The van der Waals surface area contributed by atoms with Gasteiger partial charge < -0.3 is 0 Å². The standard InChI is InChI=1S/C11H12FN/c1-7-5-8(2)13-11-4-3-9(12)6-10(7)11/h3-4,6-7H,5H2,1-2H3. The van der Waals surface area contributed by atoms with E-state index >= 15 is 0 Å². The van der Waals surface area contributed by atoms with Gasteiger partial charge in [-0.05, 0) is 43.0 Å². The van der Waals surface area contributed by atoms with E-state index in [0.717, 1.165) is 23.4 Å². The number of halogens is 1. The maximum absolute atomic E-state index is 12.9. The highest BCUT2D eigenvalue weighted by Gasteiger charge is 2.16. The lowest BCUT2D eigenvalue weighted by Gasteiger charge is -2.19. The Balaban J connectivity index is 2.56. The van der Waals surface area contributed by atoms with Crippen LogP contribution in [0, 0.1) is 5.82 Å². The number of aliphatic imine (C=N–C) groups is 1. The molecule has 1 aromatic rings. The van der Waals surface area contributed by atoms with Gasteiger partial charge in [0, 0.05) is 5.71 Å². The highest BCUT2D eigenvalue weighted by Crippen LogP contribution is 2.34. The lowest BCUT2D eigenvalue weighted by molar-refractivity contribution is 0.621. The van der Waals surface area contributed by atoms with Gasteiger partial charge in [-0.1, -0.05) is 6.92 Å². The Labute approximate surface area is 77.3 Å². The zero-order chi connectivity index (χ0) is 9.42. The fourth-order valence-electron chi connectivity index (χ4n) is 1.83. The van der Waals surface area contributed by atoms with Crippen LogP contribution in [0.15, 0.2) is 23.2 Å². The average Bonchev–Trinajstić information content (AvgIpc) is 2.06. The fraction of sp³-hybridized carbons (Fsp3) is 0.364. The van der Waals surface area contributed by atoms with Crippen LogP contribution < -0.4 is 0 Å². The van der Waals surface area contributed by atoms with Crippen molar-refractivity contribution in [3.63, 3.8) is 0 Å². The minimum absolute atomic E-state index is 0.166. The number of nitrogens with zero attached hydrogens (tertiary/aromatic N) is 1. The molecule has 1 heterocycles. The quantitative estimate of drug-likeness (QED) is 0.575. The second-order valence-corrected chi connectivity index (χ2v) is 3.66. The van der Waals surface area contributed by atoms with Gasteiger partial charge in [0.2, 0.25) is 0 Å². The minimum atomic E-state index is -0.166. The first kappa shape index (κ1) is 8.42. The Morgan fingerprint density at radius 3 is 3.00 bits per heavy atom. The number of fused-ring (bicyclic) bond motifs is 1. The minimum Gasteiger partial charge on any atom is -0.258 e. The smallest absolute Gasteiger partial charge is 0.123 e. The van der Waals surface area contributed by atoms with Gasteiger partial charge in [-0.25, -0.2) is 4.39 Å². The highest BCUT2D eigenvalue weighted by molar-refractivity contribution is 5.87. The third-order valence-corrected chi connectivity index (χ3v) is 2.43. The molecule has 2 heteroatoms. The molecule has 1 nitrogen and oxygen atoms in total. The van der Waals surface area contributed by atoms with E-state index in [1.54, 1.807) is 12.1 Å². The summed E-state index contributed by atoms with van der Waals surface area (Å²) in [4.78, 5) is 4.39. The molecule has 2 rings (SSSR count). The van der Waals surface area contributed by atoms with Gasteiger partial charge in [0.25, 0.3) is 0 Å². The zero-order valence-electron chi connectivity index (χ0n) is 7.84. The van der Waals surface area contributed by atoms with Crippen LogP contribution in [0.5, 0.6) is 0 Å². The summed E-state index contributed by atoms with van der Waals surface area (Å²) in [6.45, 7) is 4.12. The normalized spacial score (nSPS) is 20.8. The van der Waals surface area contributed by atoms with Crippen LogP contribution in [-0.4, -0.2) is 5.71 Å². The molecule has 0 saturated heterocycles. The van der Waals surface area contributed by atoms with Crippen molar-refractivity contribution in [2.45, 2.75) is 26.2 Å². The van der Waals surface area contributed by atoms with Crippen LogP contribution in [0.25, 0.3) is 0 Å². The molecule has 1 aromatic carbocycles. The van der Waals surface area contributed by atoms with E-state index in [9.17, 15) is 4.39 Å². The second kappa shape index (κ2) is 2.95. The van der Waals surface area contributed by atoms with E-state index in [0.29, 0.717) is 5.92 Å². The van der Waals surface area contributed by atoms with E-state index < -0.39 is 0 Å². The van der Waals surface area contributed by atoms with Crippen molar-refractivity contribution in [2.75, 3.05) is 0 Å². The first-order chi connectivity index (χ1) is 6.16. The molecule has 1 aliphatic rings. The monoisotopic (exact) mass is 177 g/mol. The van der Waals surface area contributed by atoms with Crippen LogP contribution in [-0.2, 0) is 0 Å². The third-order valence-electron chi connectivity index (χ3n) is 2.43. The SMILES string of the molecule is CC1=Nc2ccc(F)cc2C(C)C1. The van der Waals surface area contributed by atoms with Gasteiger partial charge in [-0.2, -0.15) is 0 Å². The van der Waals surface area contributed by atoms with Gasteiger partial charge in [0.05, 0.1) is 5.69 Å².